The van der Waals surface area contributed by atoms with Crippen molar-refractivity contribution < 1.29 is 19.0 Å². The highest BCUT2D eigenvalue weighted by Crippen LogP contribution is 2.30. The van der Waals surface area contributed by atoms with E-state index in [1.54, 1.807) is 18.3 Å². The standard InChI is InChI=1S/C14H15ClN2O4S/c1-19-12-5-9(16-6-10-7-17-14(15)22-10)3-4-11(12)21-8-13(18)20-2/h3-5,7,16H,6,8H2,1-2H3. The number of thiazole rings is 1. The molecule has 2 rings (SSSR count). The fourth-order valence-electron chi connectivity index (χ4n) is 1.65. The maximum atomic E-state index is 11.1. The van der Waals surface area contributed by atoms with Crippen molar-refractivity contribution in [3.05, 3.63) is 33.7 Å². The molecule has 0 bridgehead atoms. The molecule has 0 saturated carbocycles. The highest BCUT2D eigenvalue weighted by atomic mass is 35.5. The van der Waals surface area contributed by atoms with Crippen LogP contribution in [0.15, 0.2) is 24.4 Å². The van der Waals surface area contributed by atoms with Crippen LogP contribution in [0, 0.1) is 0 Å². The number of anilines is 1. The van der Waals surface area contributed by atoms with Gasteiger partial charge in [0, 0.05) is 22.8 Å². The van der Waals surface area contributed by atoms with Gasteiger partial charge in [0.1, 0.15) is 0 Å². The largest absolute Gasteiger partial charge is 0.493 e. The number of rotatable bonds is 7. The Labute approximate surface area is 137 Å². The molecule has 0 aliphatic carbocycles. The SMILES string of the molecule is COC(=O)COc1ccc(NCc2cnc(Cl)s2)cc1OC. The summed E-state index contributed by atoms with van der Waals surface area (Å²) in [6.45, 7) is 0.439. The van der Waals surface area contributed by atoms with Crippen LogP contribution in [0.25, 0.3) is 0 Å². The summed E-state index contributed by atoms with van der Waals surface area (Å²) in [5, 5.41) is 3.24. The first-order valence-electron chi connectivity index (χ1n) is 6.34. The normalized spacial score (nSPS) is 10.1. The predicted molar refractivity (Wildman–Crippen MR) is 85.0 cm³/mol. The van der Waals surface area contributed by atoms with Crippen molar-refractivity contribution in [3.8, 4) is 11.5 Å². The topological polar surface area (TPSA) is 69.7 Å². The number of carbonyl (C=O) groups is 1. The van der Waals surface area contributed by atoms with Crippen LogP contribution in [0.4, 0.5) is 5.69 Å². The summed E-state index contributed by atoms with van der Waals surface area (Å²) in [5.74, 6) is 0.543. The van der Waals surface area contributed by atoms with Gasteiger partial charge >= 0.3 is 5.97 Å². The van der Waals surface area contributed by atoms with Gasteiger partial charge in [-0.05, 0) is 12.1 Å². The third kappa shape index (κ3) is 4.51. The molecule has 1 aromatic heterocycles. The molecule has 6 nitrogen and oxygen atoms in total. The van der Waals surface area contributed by atoms with E-state index in [2.05, 4.69) is 15.0 Å². The third-order valence-corrected chi connectivity index (χ3v) is 3.84. The average Bonchev–Trinajstić information content (AvgIpc) is 2.96. The third-order valence-electron chi connectivity index (χ3n) is 2.73. The van der Waals surface area contributed by atoms with Gasteiger partial charge in [0.15, 0.2) is 22.6 Å². The molecule has 1 heterocycles. The van der Waals surface area contributed by atoms with Crippen LogP contribution in [0.2, 0.25) is 4.47 Å². The average molecular weight is 343 g/mol. The number of benzene rings is 1. The summed E-state index contributed by atoms with van der Waals surface area (Å²) < 4.78 is 15.7. The molecule has 0 amide bonds. The number of nitrogens with zero attached hydrogens (tertiary/aromatic N) is 1. The minimum absolute atomic E-state index is 0.168. The second-order valence-corrected chi connectivity index (χ2v) is 5.86. The van der Waals surface area contributed by atoms with Gasteiger partial charge in [-0.1, -0.05) is 11.6 Å². The molecule has 0 atom stereocenters. The van der Waals surface area contributed by atoms with E-state index in [4.69, 9.17) is 21.1 Å². The Kier molecular flexibility index (Phi) is 5.85. The monoisotopic (exact) mass is 342 g/mol. The maximum absolute atomic E-state index is 11.1. The first kappa shape index (κ1) is 16.4. The molecule has 1 N–H and O–H groups in total. The number of esters is 1. The van der Waals surface area contributed by atoms with E-state index in [-0.39, 0.29) is 6.61 Å². The molecule has 0 radical (unpaired) electrons. The second-order valence-electron chi connectivity index (χ2n) is 4.16. The van der Waals surface area contributed by atoms with Gasteiger partial charge in [-0.3, -0.25) is 0 Å². The fourth-order valence-corrected chi connectivity index (χ4v) is 2.56. The first-order valence-corrected chi connectivity index (χ1v) is 7.53. The first-order chi connectivity index (χ1) is 10.6. The molecule has 0 aliphatic rings. The Bertz CT molecular complexity index is 648. The molecule has 2 aromatic rings. The number of aromatic nitrogens is 1. The summed E-state index contributed by atoms with van der Waals surface area (Å²) in [6, 6.07) is 5.34. The zero-order valence-electron chi connectivity index (χ0n) is 12.1. The number of methoxy groups -OCH3 is 2. The van der Waals surface area contributed by atoms with Crippen LogP contribution in [0.5, 0.6) is 11.5 Å². The van der Waals surface area contributed by atoms with E-state index >= 15 is 0 Å². The van der Waals surface area contributed by atoms with Crippen LogP contribution in [-0.2, 0) is 16.1 Å². The lowest BCUT2D eigenvalue weighted by Crippen LogP contribution is -2.13. The number of nitrogens with one attached hydrogen (secondary N) is 1. The van der Waals surface area contributed by atoms with E-state index in [0.717, 1.165) is 10.6 Å². The Balaban J connectivity index is 2.00. The quantitative estimate of drug-likeness (QED) is 0.780. The summed E-state index contributed by atoms with van der Waals surface area (Å²) in [4.78, 5) is 16.1. The number of halogens is 1. The minimum atomic E-state index is -0.452. The molecule has 22 heavy (non-hydrogen) atoms. The molecule has 118 valence electrons. The van der Waals surface area contributed by atoms with Crippen molar-refractivity contribution in [1.82, 2.24) is 4.98 Å². The highest BCUT2D eigenvalue weighted by Gasteiger charge is 2.09. The highest BCUT2D eigenvalue weighted by molar-refractivity contribution is 7.15. The van der Waals surface area contributed by atoms with Crippen LogP contribution in [0.3, 0.4) is 0 Å². The molecule has 8 heteroatoms. The molecule has 0 saturated heterocycles. The second kappa shape index (κ2) is 7.86. The Morgan fingerprint density at radius 1 is 1.36 bits per heavy atom. The molecule has 0 spiro atoms. The molecular weight excluding hydrogens is 328 g/mol. The van der Waals surface area contributed by atoms with E-state index in [9.17, 15) is 4.79 Å². The van der Waals surface area contributed by atoms with Gasteiger partial charge in [0.05, 0.1) is 20.8 Å². The Morgan fingerprint density at radius 3 is 2.82 bits per heavy atom. The molecule has 0 unspecified atom stereocenters. The van der Waals surface area contributed by atoms with Crippen LogP contribution in [-0.4, -0.2) is 31.8 Å². The lowest BCUT2D eigenvalue weighted by Gasteiger charge is -2.12. The van der Waals surface area contributed by atoms with Gasteiger partial charge < -0.3 is 19.5 Å². The molecule has 0 fully saturated rings. The molecular formula is C14H15ClN2O4S. The van der Waals surface area contributed by atoms with Crippen molar-refractivity contribution in [2.75, 3.05) is 26.1 Å². The van der Waals surface area contributed by atoms with E-state index in [1.165, 1.54) is 25.6 Å². The molecule has 1 aromatic carbocycles. The van der Waals surface area contributed by atoms with Crippen LogP contribution >= 0.6 is 22.9 Å². The maximum Gasteiger partial charge on any atom is 0.343 e. The zero-order valence-corrected chi connectivity index (χ0v) is 13.7. The van der Waals surface area contributed by atoms with Crippen molar-refractivity contribution in [1.29, 1.82) is 0 Å². The van der Waals surface area contributed by atoms with Crippen LogP contribution in [0.1, 0.15) is 4.88 Å². The van der Waals surface area contributed by atoms with Crippen molar-refractivity contribution in [2.45, 2.75) is 6.54 Å². The fraction of sp³-hybridized carbons (Fsp3) is 0.286. The van der Waals surface area contributed by atoms with E-state index < -0.39 is 5.97 Å². The van der Waals surface area contributed by atoms with Crippen molar-refractivity contribution in [3.63, 3.8) is 0 Å². The Hall–Kier alpha value is -1.99. The van der Waals surface area contributed by atoms with Crippen LogP contribution < -0.4 is 14.8 Å². The lowest BCUT2D eigenvalue weighted by molar-refractivity contribution is -0.142. The number of hydrogen-bond acceptors (Lipinski definition) is 7. The van der Waals surface area contributed by atoms with Gasteiger partial charge in [0.2, 0.25) is 0 Å². The Morgan fingerprint density at radius 2 is 2.18 bits per heavy atom. The number of carbonyl (C=O) groups excluding carboxylic acids is 1. The molecule has 0 aliphatic heterocycles. The van der Waals surface area contributed by atoms with E-state index in [1.807, 2.05) is 6.07 Å². The number of ether oxygens (including phenoxy) is 3. The summed E-state index contributed by atoms with van der Waals surface area (Å²) >= 11 is 7.21. The summed E-state index contributed by atoms with van der Waals surface area (Å²) in [5.41, 5.74) is 0.854. The minimum Gasteiger partial charge on any atom is -0.493 e. The summed E-state index contributed by atoms with van der Waals surface area (Å²) in [7, 11) is 2.84. The zero-order chi connectivity index (χ0) is 15.9. The smallest absolute Gasteiger partial charge is 0.343 e. The van der Waals surface area contributed by atoms with Gasteiger partial charge in [0.25, 0.3) is 0 Å². The van der Waals surface area contributed by atoms with Gasteiger partial charge in [-0.2, -0.15) is 0 Å². The van der Waals surface area contributed by atoms with Gasteiger partial charge in [-0.25, -0.2) is 9.78 Å². The summed E-state index contributed by atoms with van der Waals surface area (Å²) in [6.07, 6.45) is 1.73. The van der Waals surface area contributed by atoms with Crippen molar-refractivity contribution >= 4 is 34.6 Å². The van der Waals surface area contributed by atoms with Crippen molar-refractivity contribution in [2.24, 2.45) is 0 Å². The number of hydrogen-bond donors (Lipinski definition) is 1. The predicted octanol–water partition coefficient (Wildman–Crippen LogP) is 2.97. The lowest BCUT2D eigenvalue weighted by atomic mass is 10.2. The van der Waals surface area contributed by atoms with E-state index in [0.29, 0.717) is 22.5 Å². The van der Waals surface area contributed by atoms with Gasteiger partial charge in [-0.15, -0.1) is 11.3 Å².